The molecule has 0 bridgehead atoms. The number of hydrogen-bond acceptors (Lipinski definition) is 5. The first-order valence-corrected chi connectivity index (χ1v) is 10.3. The van der Waals surface area contributed by atoms with Gasteiger partial charge in [-0.3, -0.25) is 4.79 Å². The van der Waals surface area contributed by atoms with E-state index in [0.717, 1.165) is 9.20 Å². The molecule has 0 aliphatic carbocycles. The van der Waals surface area contributed by atoms with Crippen LogP contribution in [0.2, 0.25) is 0 Å². The summed E-state index contributed by atoms with van der Waals surface area (Å²) in [5.41, 5.74) is 0.604. The summed E-state index contributed by atoms with van der Waals surface area (Å²) in [5.74, 6) is -0.160. The maximum atomic E-state index is 12.8. The van der Waals surface area contributed by atoms with Gasteiger partial charge >= 0.3 is 5.97 Å². The van der Waals surface area contributed by atoms with Crippen molar-refractivity contribution in [2.45, 2.75) is 22.8 Å². The zero-order chi connectivity index (χ0) is 19.2. The van der Waals surface area contributed by atoms with Crippen LogP contribution in [0.3, 0.4) is 0 Å². The van der Waals surface area contributed by atoms with Crippen LogP contribution in [0, 0.1) is 5.82 Å². The Balaban J connectivity index is 1.83. The molecule has 0 heterocycles. The number of hydrogen-bond donors (Lipinski definition) is 0. The van der Waals surface area contributed by atoms with E-state index in [9.17, 15) is 17.6 Å². The van der Waals surface area contributed by atoms with E-state index in [1.54, 1.807) is 24.3 Å². The number of esters is 1. The predicted molar refractivity (Wildman–Crippen MR) is 98.9 cm³/mol. The molecule has 5 nitrogen and oxygen atoms in total. The standard InChI is InChI=1S/C18H20FNO4S2/c1-20(2)26(22,23)17-5-3-4-14(12-17)13-24-18(21)10-11-25-16-8-6-15(19)7-9-16/h3-9,12H,10-11,13H2,1-2H3. The van der Waals surface area contributed by atoms with Crippen LogP contribution < -0.4 is 0 Å². The Labute approximate surface area is 157 Å². The van der Waals surface area contributed by atoms with E-state index in [0.29, 0.717) is 11.3 Å². The lowest BCUT2D eigenvalue weighted by Crippen LogP contribution is -2.22. The van der Waals surface area contributed by atoms with Gasteiger partial charge in [-0.15, -0.1) is 11.8 Å². The number of halogens is 1. The Bertz CT molecular complexity index is 852. The lowest BCUT2D eigenvalue weighted by atomic mass is 10.2. The van der Waals surface area contributed by atoms with Crippen LogP contribution in [0.4, 0.5) is 4.39 Å². The summed E-state index contributed by atoms with van der Waals surface area (Å²) in [6, 6.07) is 12.4. The van der Waals surface area contributed by atoms with Gasteiger partial charge in [0.2, 0.25) is 10.0 Å². The van der Waals surface area contributed by atoms with Crippen LogP contribution in [0.5, 0.6) is 0 Å². The SMILES string of the molecule is CN(C)S(=O)(=O)c1cccc(COC(=O)CCSc2ccc(F)cc2)c1. The molecule has 0 saturated carbocycles. The number of nitrogens with zero attached hydrogens (tertiary/aromatic N) is 1. The Morgan fingerprint density at radius 2 is 1.85 bits per heavy atom. The van der Waals surface area contributed by atoms with E-state index in [-0.39, 0.29) is 29.7 Å². The van der Waals surface area contributed by atoms with Crippen molar-refractivity contribution in [1.29, 1.82) is 0 Å². The highest BCUT2D eigenvalue weighted by atomic mass is 32.2. The second-order valence-electron chi connectivity index (χ2n) is 5.65. The van der Waals surface area contributed by atoms with Gasteiger partial charge in [-0.05, 0) is 42.0 Å². The molecule has 0 saturated heterocycles. The van der Waals surface area contributed by atoms with E-state index >= 15 is 0 Å². The second-order valence-corrected chi connectivity index (χ2v) is 8.97. The minimum absolute atomic E-state index is 0.0108. The van der Waals surface area contributed by atoms with Gasteiger partial charge in [0.25, 0.3) is 0 Å². The van der Waals surface area contributed by atoms with Crippen LogP contribution in [0.1, 0.15) is 12.0 Å². The summed E-state index contributed by atoms with van der Waals surface area (Å²) < 4.78 is 43.4. The van der Waals surface area contributed by atoms with Crippen molar-refractivity contribution in [2.75, 3.05) is 19.8 Å². The Kier molecular flexibility index (Phi) is 7.19. The zero-order valence-corrected chi connectivity index (χ0v) is 16.1. The topological polar surface area (TPSA) is 63.7 Å². The Morgan fingerprint density at radius 3 is 2.50 bits per heavy atom. The van der Waals surface area contributed by atoms with Crippen molar-refractivity contribution in [2.24, 2.45) is 0 Å². The van der Waals surface area contributed by atoms with Gasteiger partial charge in [-0.2, -0.15) is 0 Å². The molecule has 0 aliphatic heterocycles. The van der Waals surface area contributed by atoms with Crippen molar-refractivity contribution in [3.05, 3.63) is 59.9 Å². The van der Waals surface area contributed by atoms with Gasteiger partial charge in [-0.25, -0.2) is 17.1 Å². The van der Waals surface area contributed by atoms with Crippen LogP contribution in [-0.2, 0) is 26.2 Å². The minimum Gasteiger partial charge on any atom is -0.461 e. The molecular formula is C18H20FNO4S2. The van der Waals surface area contributed by atoms with E-state index in [1.807, 2.05) is 0 Å². The molecule has 0 spiro atoms. The average molecular weight is 397 g/mol. The number of thioether (sulfide) groups is 1. The monoisotopic (exact) mass is 397 g/mol. The van der Waals surface area contributed by atoms with Crippen LogP contribution in [0.15, 0.2) is 58.3 Å². The Hall–Kier alpha value is -1.90. The molecule has 140 valence electrons. The van der Waals surface area contributed by atoms with Crippen molar-refractivity contribution in [1.82, 2.24) is 4.31 Å². The normalized spacial score (nSPS) is 11.5. The van der Waals surface area contributed by atoms with Crippen LogP contribution >= 0.6 is 11.8 Å². The highest BCUT2D eigenvalue weighted by molar-refractivity contribution is 7.99. The molecule has 2 aromatic carbocycles. The molecule has 0 atom stereocenters. The van der Waals surface area contributed by atoms with Crippen molar-refractivity contribution >= 4 is 27.8 Å². The first kappa shape index (κ1) is 20.4. The first-order chi connectivity index (χ1) is 12.3. The quantitative estimate of drug-likeness (QED) is 0.505. The molecule has 0 fully saturated rings. The third-order valence-corrected chi connectivity index (χ3v) is 6.29. The lowest BCUT2D eigenvalue weighted by molar-refractivity contribution is -0.144. The molecule has 0 amide bonds. The molecule has 2 aromatic rings. The van der Waals surface area contributed by atoms with Crippen molar-refractivity contribution in [3.63, 3.8) is 0 Å². The summed E-state index contributed by atoms with van der Waals surface area (Å²) in [6.07, 6.45) is 0.206. The van der Waals surface area contributed by atoms with Crippen LogP contribution in [-0.4, -0.2) is 38.5 Å². The number of carbonyl (C=O) groups excluding carboxylic acids is 1. The van der Waals surface area contributed by atoms with Gasteiger partial charge in [0.15, 0.2) is 0 Å². The number of ether oxygens (including phenoxy) is 1. The second kappa shape index (κ2) is 9.16. The number of rotatable bonds is 8. The van der Waals surface area contributed by atoms with Gasteiger partial charge in [-0.1, -0.05) is 12.1 Å². The molecule has 2 rings (SSSR count). The smallest absolute Gasteiger partial charge is 0.306 e. The van der Waals surface area contributed by atoms with Gasteiger partial charge in [0, 0.05) is 24.7 Å². The average Bonchev–Trinajstić information content (AvgIpc) is 2.62. The molecule has 26 heavy (non-hydrogen) atoms. The largest absolute Gasteiger partial charge is 0.461 e. The summed E-state index contributed by atoms with van der Waals surface area (Å²) >= 11 is 1.44. The Morgan fingerprint density at radius 1 is 1.15 bits per heavy atom. The van der Waals surface area contributed by atoms with E-state index in [4.69, 9.17) is 4.74 Å². The summed E-state index contributed by atoms with van der Waals surface area (Å²) in [5, 5.41) is 0. The lowest BCUT2D eigenvalue weighted by Gasteiger charge is -2.12. The maximum absolute atomic E-state index is 12.8. The van der Waals surface area contributed by atoms with Gasteiger partial charge in [0.1, 0.15) is 12.4 Å². The molecule has 0 radical (unpaired) electrons. The van der Waals surface area contributed by atoms with Gasteiger partial charge < -0.3 is 4.74 Å². The molecule has 0 aliphatic rings. The molecule has 0 unspecified atom stereocenters. The van der Waals surface area contributed by atoms with E-state index in [1.165, 1.54) is 50.1 Å². The highest BCUT2D eigenvalue weighted by Crippen LogP contribution is 2.19. The third kappa shape index (κ3) is 5.82. The predicted octanol–water partition coefficient (Wildman–Crippen LogP) is 3.30. The molecular weight excluding hydrogens is 377 g/mol. The molecule has 0 N–H and O–H groups in total. The molecule has 8 heteroatoms. The summed E-state index contributed by atoms with van der Waals surface area (Å²) in [6.45, 7) is 0.0108. The minimum atomic E-state index is -3.52. The summed E-state index contributed by atoms with van der Waals surface area (Å²) in [4.78, 5) is 12.9. The van der Waals surface area contributed by atoms with Crippen molar-refractivity contribution in [3.8, 4) is 0 Å². The van der Waals surface area contributed by atoms with E-state index < -0.39 is 10.0 Å². The maximum Gasteiger partial charge on any atom is 0.306 e. The number of sulfonamides is 1. The van der Waals surface area contributed by atoms with E-state index in [2.05, 4.69) is 0 Å². The fourth-order valence-corrected chi connectivity index (χ4v) is 3.83. The zero-order valence-electron chi connectivity index (χ0n) is 14.5. The fraction of sp³-hybridized carbons (Fsp3) is 0.278. The number of carbonyl (C=O) groups is 1. The first-order valence-electron chi connectivity index (χ1n) is 7.84. The molecule has 0 aromatic heterocycles. The van der Waals surface area contributed by atoms with Gasteiger partial charge in [0.05, 0.1) is 11.3 Å². The summed E-state index contributed by atoms with van der Waals surface area (Å²) in [7, 11) is -0.605. The van der Waals surface area contributed by atoms with Crippen LogP contribution in [0.25, 0.3) is 0 Å². The fourth-order valence-electron chi connectivity index (χ4n) is 2.03. The van der Waals surface area contributed by atoms with Crippen molar-refractivity contribution < 1.29 is 22.3 Å². The third-order valence-electron chi connectivity index (χ3n) is 3.47. The highest BCUT2D eigenvalue weighted by Gasteiger charge is 2.17. The number of benzene rings is 2.